The van der Waals surface area contributed by atoms with E-state index in [-0.39, 0.29) is 18.2 Å². The maximum absolute atomic E-state index is 10.9. The largest absolute Gasteiger partial charge is 0.434 e. The number of benzene rings is 1. The fraction of sp³-hybridized carbons (Fsp3) is 0.154. The lowest BCUT2D eigenvalue weighted by atomic mass is 10.2. The van der Waals surface area contributed by atoms with Gasteiger partial charge in [0.1, 0.15) is 11.6 Å². The Hall–Kier alpha value is -2.67. The zero-order valence-electron chi connectivity index (χ0n) is 10.7. The zero-order valence-corrected chi connectivity index (χ0v) is 10.7. The van der Waals surface area contributed by atoms with Crippen LogP contribution < -0.4 is 10.1 Å². The van der Waals surface area contributed by atoms with Crippen molar-refractivity contribution in [1.82, 2.24) is 4.98 Å². The fourth-order valence-electron chi connectivity index (χ4n) is 1.56. The van der Waals surface area contributed by atoms with E-state index in [9.17, 15) is 10.1 Å². The van der Waals surface area contributed by atoms with Crippen molar-refractivity contribution in [1.29, 1.82) is 0 Å². The van der Waals surface area contributed by atoms with Crippen molar-refractivity contribution in [2.45, 2.75) is 6.61 Å². The van der Waals surface area contributed by atoms with E-state index >= 15 is 0 Å². The van der Waals surface area contributed by atoms with Crippen LogP contribution >= 0.6 is 0 Å². The van der Waals surface area contributed by atoms with E-state index in [0.717, 1.165) is 5.56 Å². The molecule has 0 radical (unpaired) electrons. The molecule has 0 atom stereocenters. The smallest absolute Gasteiger partial charge is 0.331 e. The van der Waals surface area contributed by atoms with Gasteiger partial charge in [-0.1, -0.05) is 12.1 Å². The van der Waals surface area contributed by atoms with E-state index in [0.29, 0.717) is 11.6 Å². The van der Waals surface area contributed by atoms with Gasteiger partial charge in [-0.25, -0.2) is 0 Å². The Labute approximate surface area is 115 Å². The summed E-state index contributed by atoms with van der Waals surface area (Å²) in [5.41, 5.74) is 0.513. The molecule has 0 amide bonds. The third-order valence-electron chi connectivity index (χ3n) is 2.61. The molecule has 7 nitrogen and oxygen atoms in total. The molecule has 20 heavy (non-hydrogen) atoms. The maximum Gasteiger partial charge on any atom is 0.331 e. The van der Waals surface area contributed by atoms with E-state index in [2.05, 4.69) is 10.3 Å². The first kappa shape index (κ1) is 13.8. The van der Waals surface area contributed by atoms with Crippen molar-refractivity contribution in [3.8, 4) is 11.6 Å². The number of aromatic nitrogens is 1. The first-order chi connectivity index (χ1) is 9.63. The number of pyridine rings is 1. The summed E-state index contributed by atoms with van der Waals surface area (Å²) in [5, 5.41) is 22.7. The van der Waals surface area contributed by atoms with E-state index in [1.165, 1.54) is 12.1 Å². The molecule has 0 fully saturated rings. The van der Waals surface area contributed by atoms with Crippen LogP contribution in [0.4, 0.5) is 11.5 Å². The van der Waals surface area contributed by atoms with Crippen LogP contribution in [0.25, 0.3) is 0 Å². The van der Waals surface area contributed by atoms with E-state index < -0.39 is 4.92 Å². The van der Waals surface area contributed by atoms with Gasteiger partial charge >= 0.3 is 11.6 Å². The Kier molecular flexibility index (Phi) is 4.11. The predicted molar refractivity (Wildman–Crippen MR) is 72.9 cm³/mol. The number of anilines is 1. The molecule has 1 heterocycles. The molecular weight excluding hydrogens is 262 g/mol. The van der Waals surface area contributed by atoms with Crippen molar-refractivity contribution in [3.05, 3.63) is 52.1 Å². The Morgan fingerprint density at radius 2 is 2.00 bits per heavy atom. The summed E-state index contributed by atoms with van der Waals surface area (Å²) in [6, 6.07) is 9.40. The van der Waals surface area contributed by atoms with Crippen molar-refractivity contribution in [2.24, 2.45) is 0 Å². The number of nitrogens with zero attached hydrogens (tertiary/aromatic N) is 2. The van der Waals surface area contributed by atoms with Crippen molar-refractivity contribution >= 4 is 11.5 Å². The Morgan fingerprint density at radius 3 is 2.55 bits per heavy atom. The molecule has 104 valence electrons. The first-order valence-electron chi connectivity index (χ1n) is 5.85. The summed E-state index contributed by atoms with van der Waals surface area (Å²) in [7, 11) is 1.66. The van der Waals surface area contributed by atoms with Crippen LogP contribution in [0.5, 0.6) is 11.6 Å². The average Bonchev–Trinajstić information content (AvgIpc) is 2.47. The molecule has 0 aliphatic rings. The third kappa shape index (κ3) is 3.01. The van der Waals surface area contributed by atoms with Gasteiger partial charge < -0.3 is 15.2 Å². The van der Waals surface area contributed by atoms with Crippen LogP contribution in [0.3, 0.4) is 0 Å². The number of rotatable bonds is 5. The second kappa shape index (κ2) is 5.98. The van der Waals surface area contributed by atoms with Gasteiger partial charge in [-0.3, -0.25) is 10.1 Å². The Bertz CT molecular complexity index is 614. The summed E-state index contributed by atoms with van der Waals surface area (Å²) >= 11 is 0. The number of nitrogens with one attached hydrogen (secondary N) is 1. The Balaban J connectivity index is 2.32. The SMILES string of the molecule is CNc1ccc([N+](=O)[O-])c(Oc2ccc(CO)cc2)n1. The Morgan fingerprint density at radius 1 is 1.30 bits per heavy atom. The molecule has 0 aliphatic carbocycles. The van der Waals surface area contributed by atoms with Gasteiger partial charge in [-0.15, -0.1) is 0 Å². The molecule has 1 aromatic heterocycles. The number of aliphatic hydroxyl groups is 1. The number of aliphatic hydroxyl groups excluding tert-OH is 1. The fourth-order valence-corrected chi connectivity index (χ4v) is 1.56. The van der Waals surface area contributed by atoms with Gasteiger partial charge in [-0.2, -0.15) is 4.98 Å². The molecule has 1 aromatic carbocycles. The molecule has 0 saturated carbocycles. The first-order valence-corrected chi connectivity index (χ1v) is 5.85. The summed E-state index contributed by atoms with van der Waals surface area (Å²) in [6.07, 6.45) is 0. The van der Waals surface area contributed by atoms with Crippen molar-refractivity contribution in [3.63, 3.8) is 0 Å². The molecule has 2 rings (SSSR count). The molecule has 0 spiro atoms. The second-order valence-corrected chi connectivity index (χ2v) is 3.93. The zero-order chi connectivity index (χ0) is 14.5. The molecule has 0 saturated heterocycles. The van der Waals surface area contributed by atoms with E-state index in [1.807, 2.05) is 0 Å². The van der Waals surface area contributed by atoms with Crippen LogP contribution in [0, 0.1) is 10.1 Å². The van der Waals surface area contributed by atoms with Crippen LogP contribution in [-0.2, 0) is 6.61 Å². The minimum Gasteiger partial charge on any atom is -0.434 e. The highest BCUT2D eigenvalue weighted by Gasteiger charge is 2.18. The molecule has 0 aliphatic heterocycles. The van der Waals surface area contributed by atoms with Gasteiger partial charge in [0.2, 0.25) is 0 Å². The molecule has 7 heteroatoms. The highest BCUT2D eigenvalue weighted by atomic mass is 16.6. The monoisotopic (exact) mass is 275 g/mol. The third-order valence-corrected chi connectivity index (χ3v) is 2.61. The van der Waals surface area contributed by atoms with Crippen molar-refractivity contribution in [2.75, 3.05) is 12.4 Å². The lowest BCUT2D eigenvalue weighted by molar-refractivity contribution is -0.386. The van der Waals surface area contributed by atoms with Crippen molar-refractivity contribution < 1.29 is 14.8 Å². The molecule has 2 N–H and O–H groups in total. The summed E-state index contributed by atoms with van der Waals surface area (Å²) < 4.78 is 5.44. The lowest BCUT2D eigenvalue weighted by Crippen LogP contribution is -1.99. The number of hydrogen-bond acceptors (Lipinski definition) is 6. The van der Waals surface area contributed by atoms with Gasteiger partial charge in [0.05, 0.1) is 11.5 Å². The average molecular weight is 275 g/mol. The van der Waals surface area contributed by atoms with Crippen LogP contribution in [-0.4, -0.2) is 22.1 Å². The lowest BCUT2D eigenvalue weighted by Gasteiger charge is -2.07. The minimum absolute atomic E-state index is 0.0755. The summed E-state index contributed by atoms with van der Waals surface area (Å²) in [4.78, 5) is 14.4. The molecule has 0 unspecified atom stereocenters. The van der Waals surface area contributed by atoms with Crippen LogP contribution in [0.15, 0.2) is 36.4 Å². The second-order valence-electron chi connectivity index (χ2n) is 3.93. The van der Waals surface area contributed by atoms with E-state index in [1.54, 1.807) is 31.3 Å². The number of ether oxygens (including phenoxy) is 1. The van der Waals surface area contributed by atoms with Crippen LogP contribution in [0.2, 0.25) is 0 Å². The quantitative estimate of drug-likeness (QED) is 0.642. The normalized spacial score (nSPS) is 10.1. The highest BCUT2D eigenvalue weighted by Crippen LogP contribution is 2.30. The standard InChI is InChI=1S/C13H13N3O4/c1-14-12-7-6-11(16(18)19)13(15-12)20-10-4-2-9(8-17)3-5-10/h2-7,17H,8H2,1H3,(H,14,15). The summed E-state index contributed by atoms with van der Waals surface area (Å²) in [6.45, 7) is -0.0755. The maximum atomic E-state index is 10.9. The van der Waals surface area contributed by atoms with Crippen LogP contribution in [0.1, 0.15) is 5.56 Å². The van der Waals surface area contributed by atoms with Gasteiger partial charge in [0, 0.05) is 13.1 Å². The summed E-state index contributed by atoms with van der Waals surface area (Å²) in [5.74, 6) is 0.794. The number of nitro groups is 1. The molecular formula is C13H13N3O4. The molecule has 0 bridgehead atoms. The minimum atomic E-state index is -0.552. The van der Waals surface area contributed by atoms with Gasteiger partial charge in [0.15, 0.2) is 0 Å². The predicted octanol–water partition coefficient (Wildman–Crippen LogP) is 2.32. The van der Waals surface area contributed by atoms with Gasteiger partial charge in [0.25, 0.3) is 0 Å². The molecule has 2 aromatic rings. The van der Waals surface area contributed by atoms with Gasteiger partial charge in [-0.05, 0) is 23.8 Å². The highest BCUT2D eigenvalue weighted by molar-refractivity contribution is 5.50. The number of hydrogen-bond donors (Lipinski definition) is 2. The topological polar surface area (TPSA) is 97.5 Å². The van der Waals surface area contributed by atoms with E-state index in [4.69, 9.17) is 9.84 Å².